The maximum Gasteiger partial charge on any atom is 0.340 e. The van der Waals surface area contributed by atoms with Gasteiger partial charge in [0, 0.05) is 11.4 Å². The molecule has 1 N–H and O–H groups in total. The summed E-state index contributed by atoms with van der Waals surface area (Å²) in [7, 11) is -2.92. The average Bonchev–Trinajstić information content (AvgIpc) is 3.20. The van der Waals surface area contributed by atoms with Crippen LogP contribution in [0.2, 0.25) is 0 Å². The maximum absolute atomic E-state index is 14.1. The fourth-order valence-corrected chi connectivity index (χ4v) is 6.77. The molecule has 1 aliphatic heterocycles. The predicted octanol–water partition coefficient (Wildman–Crippen LogP) is 3.98. The lowest BCUT2D eigenvalue weighted by molar-refractivity contribution is 0.0595. The van der Waals surface area contributed by atoms with Crippen LogP contribution in [0.15, 0.2) is 52.7 Å². The molecule has 0 radical (unpaired) electrons. The summed E-state index contributed by atoms with van der Waals surface area (Å²) in [4.78, 5) is 27.4. The van der Waals surface area contributed by atoms with Gasteiger partial charge in [0.2, 0.25) is 0 Å². The molecule has 7 nitrogen and oxygen atoms in total. The summed E-state index contributed by atoms with van der Waals surface area (Å²) in [5, 5.41) is 0. The lowest BCUT2D eigenvalue weighted by Crippen LogP contribution is -2.36. The van der Waals surface area contributed by atoms with Crippen LogP contribution in [0.1, 0.15) is 36.7 Å². The first-order valence-corrected chi connectivity index (χ1v) is 12.4. The Bertz CT molecular complexity index is 1350. The summed E-state index contributed by atoms with van der Waals surface area (Å²) in [5.74, 6) is -1.87. The molecule has 1 aromatic heterocycles. The number of halogens is 1. The zero-order valence-corrected chi connectivity index (χ0v) is 19.6. The van der Waals surface area contributed by atoms with Crippen LogP contribution in [0.25, 0.3) is 0 Å². The lowest BCUT2D eigenvalue weighted by atomic mass is 10.0. The molecule has 0 fully saturated rings. The average molecular weight is 489 g/mol. The fraction of sp³-hybridized carbons (Fsp3) is 0.217. The number of ether oxygens (including phenoxy) is 1. The number of anilines is 1. The molecule has 0 atom stereocenters. The second kappa shape index (κ2) is 8.95. The lowest BCUT2D eigenvalue weighted by Gasteiger charge is -2.27. The van der Waals surface area contributed by atoms with Gasteiger partial charge < -0.3 is 9.64 Å². The van der Waals surface area contributed by atoms with Crippen molar-refractivity contribution in [3.63, 3.8) is 0 Å². The minimum Gasteiger partial charge on any atom is -0.465 e. The van der Waals surface area contributed by atoms with Gasteiger partial charge in [-0.1, -0.05) is 30.3 Å². The van der Waals surface area contributed by atoms with Crippen molar-refractivity contribution in [3.05, 3.63) is 81.5 Å². The highest BCUT2D eigenvalue weighted by atomic mass is 32.2. The van der Waals surface area contributed by atoms with Crippen molar-refractivity contribution in [2.45, 2.75) is 24.1 Å². The zero-order chi connectivity index (χ0) is 23.8. The Labute approximate surface area is 194 Å². The van der Waals surface area contributed by atoms with E-state index in [2.05, 4.69) is 4.72 Å². The van der Waals surface area contributed by atoms with Gasteiger partial charge in [-0.05, 0) is 42.7 Å². The van der Waals surface area contributed by atoms with Crippen LogP contribution in [0.3, 0.4) is 0 Å². The Hall–Kier alpha value is -3.24. The van der Waals surface area contributed by atoms with E-state index in [9.17, 15) is 22.4 Å². The van der Waals surface area contributed by atoms with Gasteiger partial charge in [-0.3, -0.25) is 9.52 Å². The third-order valence-corrected chi connectivity index (χ3v) is 8.54. The highest BCUT2D eigenvalue weighted by Crippen LogP contribution is 2.38. The van der Waals surface area contributed by atoms with E-state index in [1.807, 2.05) is 0 Å². The van der Waals surface area contributed by atoms with Gasteiger partial charge in [-0.25, -0.2) is 17.6 Å². The van der Waals surface area contributed by atoms with Crippen molar-refractivity contribution in [2.75, 3.05) is 18.4 Å². The van der Waals surface area contributed by atoms with Crippen LogP contribution < -0.4 is 4.72 Å². The molecule has 33 heavy (non-hydrogen) atoms. The van der Waals surface area contributed by atoms with E-state index < -0.39 is 27.7 Å². The normalized spacial score (nSPS) is 13.4. The molecule has 1 aliphatic rings. The van der Waals surface area contributed by atoms with Crippen LogP contribution in [-0.2, 0) is 27.7 Å². The molecule has 3 aromatic rings. The first-order chi connectivity index (χ1) is 15.7. The van der Waals surface area contributed by atoms with Crippen LogP contribution in [0, 0.1) is 12.7 Å². The number of methoxy groups -OCH3 is 1. The van der Waals surface area contributed by atoms with E-state index in [0.29, 0.717) is 16.1 Å². The van der Waals surface area contributed by atoms with E-state index in [1.54, 1.807) is 37.3 Å². The quantitative estimate of drug-likeness (QED) is 0.549. The standard InChI is InChI=1S/C23H21FN2O5S2/c1-14-7-3-6-10-18(14)25-33(29,30)23-20(22(28)31-2)16-11-12-26(13-19(16)32-23)21(27)15-8-4-5-9-17(15)24/h3-10,25H,11-13H2,1-2H3. The van der Waals surface area contributed by atoms with E-state index in [0.717, 1.165) is 16.9 Å². The van der Waals surface area contributed by atoms with Crippen molar-refractivity contribution >= 4 is 38.9 Å². The summed E-state index contributed by atoms with van der Waals surface area (Å²) in [6, 6.07) is 12.6. The van der Waals surface area contributed by atoms with Gasteiger partial charge in [0.25, 0.3) is 15.9 Å². The van der Waals surface area contributed by atoms with Crippen LogP contribution in [-0.4, -0.2) is 38.8 Å². The Morgan fingerprint density at radius 1 is 1.12 bits per heavy atom. The molecule has 0 aliphatic carbocycles. The van der Waals surface area contributed by atoms with Crippen LogP contribution in [0.5, 0.6) is 0 Å². The monoisotopic (exact) mass is 488 g/mol. The minimum atomic E-state index is -4.11. The summed E-state index contributed by atoms with van der Waals surface area (Å²) in [6.45, 7) is 2.05. The Morgan fingerprint density at radius 2 is 1.82 bits per heavy atom. The fourth-order valence-electron chi connectivity index (χ4n) is 3.73. The number of sulfonamides is 1. The highest BCUT2D eigenvalue weighted by molar-refractivity contribution is 7.94. The number of nitrogens with one attached hydrogen (secondary N) is 1. The third kappa shape index (κ3) is 4.36. The molecule has 0 saturated heterocycles. The predicted molar refractivity (Wildman–Crippen MR) is 122 cm³/mol. The number of hydrogen-bond donors (Lipinski definition) is 1. The molecule has 0 spiro atoms. The molecule has 0 bridgehead atoms. The summed E-state index contributed by atoms with van der Waals surface area (Å²) < 4.78 is 47.9. The molecular formula is C23H21FN2O5S2. The number of aryl methyl sites for hydroxylation is 1. The SMILES string of the molecule is COC(=O)c1c(S(=O)(=O)Nc2ccccc2C)sc2c1CCN(C(=O)c1ccccc1F)C2. The first kappa shape index (κ1) is 22.9. The highest BCUT2D eigenvalue weighted by Gasteiger charge is 2.35. The molecule has 172 valence electrons. The maximum atomic E-state index is 14.1. The van der Waals surface area contributed by atoms with E-state index in [-0.39, 0.29) is 34.8 Å². The van der Waals surface area contributed by atoms with Crippen molar-refractivity contribution < 1.29 is 27.1 Å². The van der Waals surface area contributed by atoms with Gasteiger partial charge in [0.1, 0.15) is 5.82 Å². The van der Waals surface area contributed by atoms with E-state index in [1.165, 1.54) is 30.2 Å². The van der Waals surface area contributed by atoms with Crippen LogP contribution >= 0.6 is 11.3 Å². The number of amides is 1. The molecule has 0 unspecified atom stereocenters. The topological polar surface area (TPSA) is 92.8 Å². The molecule has 2 aromatic carbocycles. The Balaban J connectivity index is 1.72. The summed E-state index contributed by atoms with van der Waals surface area (Å²) >= 11 is 0.919. The largest absolute Gasteiger partial charge is 0.465 e. The van der Waals surface area contributed by atoms with Gasteiger partial charge >= 0.3 is 5.97 Å². The Kier molecular flexibility index (Phi) is 6.22. The zero-order valence-electron chi connectivity index (χ0n) is 17.9. The van der Waals surface area contributed by atoms with Crippen molar-refractivity contribution in [1.29, 1.82) is 0 Å². The molecule has 4 rings (SSSR count). The number of rotatable bonds is 5. The minimum absolute atomic E-state index is 0.0171. The number of thiophene rings is 1. The molecular weight excluding hydrogens is 467 g/mol. The number of benzene rings is 2. The molecule has 2 heterocycles. The van der Waals surface area contributed by atoms with E-state index >= 15 is 0 Å². The van der Waals surface area contributed by atoms with Gasteiger partial charge in [-0.2, -0.15) is 0 Å². The van der Waals surface area contributed by atoms with Crippen molar-refractivity contribution in [1.82, 2.24) is 4.90 Å². The second-order valence-electron chi connectivity index (χ2n) is 7.53. The molecule has 0 saturated carbocycles. The van der Waals surface area contributed by atoms with Crippen molar-refractivity contribution in [3.8, 4) is 0 Å². The Morgan fingerprint density at radius 3 is 2.52 bits per heavy atom. The molecule has 10 heteroatoms. The number of carbonyl (C=O) groups excluding carboxylic acids is 2. The first-order valence-electron chi connectivity index (χ1n) is 10.1. The number of fused-ring (bicyclic) bond motifs is 1. The second-order valence-corrected chi connectivity index (χ2v) is 10.5. The number of hydrogen-bond acceptors (Lipinski definition) is 6. The number of para-hydroxylation sites is 1. The third-order valence-electron chi connectivity index (χ3n) is 5.44. The summed E-state index contributed by atoms with van der Waals surface area (Å²) in [6.07, 6.45) is 0.246. The van der Waals surface area contributed by atoms with Gasteiger partial charge in [0.15, 0.2) is 4.21 Å². The molecule has 1 amide bonds. The van der Waals surface area contributed by atoms with Gasteiger partial charge in [0.05, 0.1) is 30.5 Å². The van der Waals surface area contributed by atoms with Crippen LogP contribution in [0.4, 0.5) is 10.1 Å². The van der Waals surface area contributed by atoms with Gasteiger partial charge in [-0.15, -0.1) is 11.3 Å². The van der Waals surface area contributed by atoms with E-state index in [4.69, 9.17) is 4.74 Å². The smallest absolute Gasteiger partial charge is 0.340 e. The number of nitrogens with zero attached hydrogens (tertiary/aromatic N) is 1. The van der Waals surface area contributed by atoms with Crippen molar-refractivity contribution in [2.24, 2.45) is 0 Å². The number of carbonyl (C=O) groups is 2. The summed E-state index contributed by atoms with van der Waals surface area (Å²) in [5.41, 5.74) is 1.59. The number of esters is 1.